The van der Waals surface area contributed by atoms with Gasteiger partial charge in [0.15, 0.2) is 21.1 Å². The Bertz CT molecular complexity index is 1600. The minimum absolute atomic E-state index is 0. The molecule has 2 aromatic rings. The third-order valence-corrected chi connectivity index (χ3v) is 7.92. The normalized spacial score (nSPS) is 16.7. The summed E-state index contributed by atoms with van der Waals surface area (Å²) >= 11 is 6.38. The molecule has 1 fully saturated rings. The van der Waals surface area contributed by atoms with Gasteiger partial charge in [-0.2, -0.15) is 0 Å². The van der Waals surface area contributed by atoms with Crippen LogP contribution >= 0.6 is 22.9 Å². The predicted octanol–water partition coefficient (Wildman–Crippen LogP) is -1.71. The molecule has 0 radical (unpaired) electrons. The number of nitro benzene ring substituents is 1. The van der Waals surface area contributed by atoms with E-state index >= 15 is 0 Å². The van der Waals surface area contributed by atoms with Crippen molar-refractivity contribution in [2.24, 2.45) is 11.1 Å². The summed E-state index contributed by atoms with van der Waals surface area (Å²) in [4.78, 5) is 70.0. The van der Waals surface area contributed by atoms with Gasteiger partial charge in [0.2, 0.25) is 11.5 Å². The van der Waals surface area contributed by atoms with E-state index in [0.717, 1.165) is 11.3 Å². The number of β-lactam (4-membered cyclic amide) rings is 1. The van der Waals surface area contributed by atoms with Gasteiger partial charge in [-0.15, -0.1) is 22.9 Å². The van der Waals surface area contributed by atoms with Crippen LogP contribution in [0.15, 0.2) is 34.8 Å². The number of anilines is 1. The van der Waals surface area contributed by atoms with Crippen molar-refractivity contribution in [1.29, 1.82) is 0 Å². The van der Waals surface area contributed by atoms with Crippen LogP contribution in [-0.4, -0.2) is 80.2 Å². The molecule has 17 nitrogen and oxygen atoms in total. The maximum Gasteiger partial charge on any atom is 1.00 e. The van der Waals surface area contributed by atoms with Crippen molar-refractivity contribution in [2.75, 3.05) is 11.2 Å². The first kappa shape index (κ1) is 38.0. The number of ether oxygens (including phenoxy) is 1. The minimum Gasteiger partial charge on any atom is -0.731 e. The molecule has 2 heterocycles. The summed E-state index contributed by atoms with van der Waals surface area (Å²) in [5, 5.41) is 20.7. The van der Waals surface area contributed by atoms with Gasteiger partial charge in [-0.3, -0.25) is 24.5 Å². The van der Waals surface area contributed by atoms with Gasteiger partial charge < -0.3 is 24.8 Å². The number of halogens is 1. The van der Waals surface area contributed by atoms with Gasteiger partial charge in [-0.1, -0.05) is 19.0 Å². The first-order chi connectivity index (χ1) is 20.5. The fourth-order valence-electron chi connectivity index (χ4n) is 3.79. The zero-order valence-electron chi connectivity index (χ0n) is 24.5. The molecule has 3 amide bonds. The first-order valence-corrected chi connectivity index (χ1v) is 15.3. The number of hydrogen-bond acceptors (Lipinski definition) is 14. The molecule has 0 unspecified atom stereocenters. The molecule has 0 bridgehead atoms. The number of esters is 1. The number of carbonyl (C=O) groups excluding carboxylic acids is 4. The van der Waals surface area contributed by atoms with Crippen molar-refractivity contribution < 1.29 is 76.2 Å². The van der Waals surface area contributed by atoms with E-state index in [4.69, 9.17) is 21.2 Å². The molecule has 0 saturated carbocycles. The quantitative estimate of drug-likeness (QED) is 0.0348. The van der Waals surface area contributed by atoms with Crippen molar-refractivity contribution in [3.8, 4) is 0 Å². The van der Waals surface area contributed by atoms with Crippen LogP contribution < -0.4 is 40.2 Å². The van der Waals surface area contributed by atoms with Crippen LogP contribution in [0.3, 0.4) is 0 Å². The summed E-state index contributed by atoms with van der Waals surface area (Å²) in [5.74, 6) is -4.70. The van der Waals surface area contributed by atoms with Gasteiger partial charge in [0.25, 0.3) is 17.5 Å². The van der Waals surface area contributed by atoms with Crippen LogP contribution in [0, 0.1) is 16.0 Å². The summed E-state index contributed by atoms with van der Waals surface area (Å²) in [6.45, 7) is 5.38. The summed E-state index contributed by atoms with van der Waals surface area (Å²) < 4.78 is 40.1. The van der Waals surface area contributed by atoms with E-state index in [2.05, 4.69) is 20.8 Å². The number of nitrogens with zero attached hydrogens (tertiary/aromatic N) is 4. The molecule has 3 rings (SSSR count). The molecule has 2 atom stereocenters. The summed E-state index contributed by atoms with van der Waals surface area (Å²) in [7, 11) is -5.15. The smallest absolute Gasteiger partial charge is 0.731 e. The number of nitro groups is 1. The standard InChI is InChI=1S/C24H27ClN6O11S2.Na/c1-12(2)19-18(21(34)30(19)44(38,39)40)28-20(33)17(15-11-43-23(26-15)27-16(32)9-25)29-42-24(3,4)22(35)41-10-13-5-7-14(8-6-13)31(36)37;/h5-8,11-12,18-19H,9-10H2,1-4H3,(H,28,33)(H,26,27,32)(H,38,39,40);/q;+1/p-1/t18-,19+;/m1./s1. The molecule has 1 saturated heterocycles. The van der Waals surface area contributed by atoms with Crippen LogP contribution in [0.2, 0.25) is 0 Å². The SMILES string of the molecule is CC(C)[C@H]1[C@@H](NC(=O)C(=NOC(C)(C)C(=O)OCc2ccc([N+](=O)[O-])cc2)c2csc(NC(=O)CCl)n2)C(=O)N1S(=O)(=O)[O-].[Na+]. The fraction of sp³-hybridized carbons (Fsp3) is 0.417. The number of oxime groups is 1. The van der Waals surface area contributed by atoms with Crippen LogP contribution in [0.5, 0.6) is 0 Å². The molecular weight excluding hydrogens is 671 g/mol. The Morgan fingerprint density at radius 3 is 2.40 bits per heavy atom. The molecule has 45 heavy (non-hydrogen) atoms. The van der Waals surface area contributed by atoms with Crippen molar-refractivity contribution in [3.63, 3.8) is 0 Å². The molecule has 0 aliphatic carbocycles. The van der Waals surface area contributed by atoms with E-state index in [1.807, 2.05) is 0 Å². The maximum absolute atomic E-state index is 13.3. The monoisotopic (exact) mass is 696 g/mol. The van der Waals surface area contributed by atoms with Gasteiger partial charge >= 0.3 is 35.5 Å². The zero-order valence-corrected chi connectivity index (χ0v) is 28.9. The van der Waals surface area contributed by atoms with E-state index in [1.54, 1.807) is 13.8 Å². The van der Waals surface area contributed by atoms with E-state index in [-0.39, 0.29) is 62.9 Å². The number of nitrogens with one attached hydrogen (secondary N) is 2. The molecule has 1 aromatic heterocycles. The summed E-state index contributed by atoms with van der Waals surface area (Å²) in [6, 6.07) is 2.67. The molecule has 238 valence electrons. The number of non-ortho nitro benzene ring substituents is 1. The minimum atomic E-state index is -5.15. The zero-order chi connectivity index (χ0) is 33.0. The number of alkyl halides is 1. The molecule has 1 aliphatic heterocycles. The van der Waals surface area contributed by atoms with E-state index < -0.39 is 68.2 Å². The average molecular weight is 697 g/mol. The number of hydrogen-bond donors (Lipinski definition) is 2. The Balaban J connectivity index is 0.00000705. The van der Waals surface area contributed by atoms with Crippen molar-refractivity contribution in [2.45, 2.75) is 52.0 Å². The van der Waals surface area contributed by atoms with Gasteiger partial charge in [0.05, 0.1) is 11.0 Å². The number of rotatable bonds is 13. The van der Waals surface area contributed by atoms with E-state index in [9.17, 15) is 42.3 Å². The Kier molecular flexibility index (Phi) is 13.0. The first-order valence-electron chi connectivity index (χ1n) is 12.5. The largest absolute Gasteiger partial charge is 1.00 e. The maximum atomic E-state index is 13.3. The second-order valence-electron chi connectivity index (χ2n) is 10.0. The van der Waals surface area contributed by atoms with Crippen LogP contribution in [-0.2, 0) is 45.7 Å². The predicted molar refractivity (Wildman–Crippen MR) is 153 cm³/mol. The van der Waals surface area contributed by atoms with Crippen LogP contribution in [0.25, 0.3) is 0 Å². The Hall–Kier alpha value is -3.20. The van der Waals surface area contributed by atoms with Crippen molar-refractivity contribution in [1.82, 2.24) is 14.6 Å². The van der Waals surface area contributed by atoms with Gasteiger partial charge in [0, 0.05) is 17.5 Å². The molecule has 1 aliphatic rings. The third-order valence-electron chi connectivity index (χ3n) is 6.01. The molecule has 21 heteroatoms. The summed E-state index contributed by atoms with van der Waals surface area (Å²) in [5.41, 5.74) is -2.24. The molecular formula is C24H26ClN6NaO11S2. The molecule has 2 N–H and O–H groups in total. The molecule has 0 spiro atoms. The summed E-state index contributed by atoms with van der Waals surface area (Å²) in [6.07, 6.45) is 0. The third kappa shape index (κ3) is 9.41. The molecule has 1 aromatic carbocycles. The number of amides is 3. The van der Waals surface area contributed by atoms with E-state index in [0.29, 0.717) is 5.56 Å². The Morgan fingerprint density at radius 1 is 1.24 bits per heavy atom. The second kappa shape index (κ2) is 15.4. The number of benzene rings is 1. The van der Waals surface area contributed by atoms with E-state index in [1.165, 1.54) is 43.5 Å². The van der Waals surface area contributed by atoms with Gasteiger partial charge in [-0.25, -0.2) is 22.5 Å². The number of thiazole rings is 1. The Labute approximate surface area is 288 Å². The van der Waals surface area contributed by atoms with Gasteiger partial charge in [0.1, 0.15) is 24.2 Å². The Morgan fingerprint density at radius 2 is 1.87 bits per heavy atom. The number of carbonyl (C=O) groups is 4. The van der Waals surface area contributed by atoms with Crippen molar-refractivity contribution >= 4 is 73.5 Å². The topological polar surface area (TPSA) is 240 Å². The van der Waals surface area contributed by atoms with Crippen LogP contribution in [0.1, 0.15) is 39.0 Å². The fourth-order valence-corrected chi connectivity index (χ4v) is 5.56. The van der Waals surface area contributed by atoms with Crippen molar-refractivity contribution in [3.05, 3.63) is 51.0 Å². The number of aromatic nitrogens is 1. The second-order valence-corrected chi connectivity index (χ2v) is 12.4. The van der Waals surface area contributed by atoms with Gasteiger partial charge in [-0.05, 0) is 37.5 Å². The average Bonchev–Trinajstić information content (AvgIpc) is 3.39. The van der Waals surface area contributed by atoms with Crippen LogP contribution in [0.4, 0.5) is 10.8 Å².